The second kappa shape index (κ2) is 6.21. The molecule has 2 aromatic rings. The van der Waals surface area contributed by atoms with Crippen molar-refractivity contribution in [1.29, 1.82) is 0 Å². The van der Waals surface area contributed by atoms with Crippen LogP contribution in [-0.4, -0.2) is 26.1 Å². The fraction of sp³-hybridized carbons (Fsp3) is 0.538. The van der Waals surface area contributed by atoms with Gasteiger partial charge in [0.2, 0.25) is 0 Å². The molecule has 2 rings (SSSR count). The molecule has 0 fully saturated rings. The van der Waals surface area contributed by atoms with Crippen LogP contribution in [0.3, 0.4) is 0 Å². The van der Waals surface area contributed by atoms with Crippen LogP contribution in [0.2, 0.25) is 5.02 Å². The summed E-state index contributed by atoms with van der Waals surface area (Å²) in [6.45, 7) is 6.55. The molecule has 2 aromatic heterocycles. The van der Waals surface area contributed by atoms with Crippen molar-refractivity contribution in [1.82, 2.24) is 24.9 Å². The van der Waals surface area contributed by atoms with E-state index < -0.39 is 0 Å². The lowest BCUT2D eigenvalue weighted by molar-refractivity contribution is 0.575. The summed E-state index contributed by atoms with van der Waals surface area (Å²) in [6.07, 6.45) is 2.66. The fourth-order valence-corrected chi connectivity index (χ4v) is 2.39. The molecule has 0 aliphatic rings. The second-order valence-electron chi connectivity index (χ2n) is 4.45. The van der Waals surface area contributed by atoms with E-state index in [0.29, 0.717) is 6.54 Å². The lowest BCUT2D eigenvalue weighted by Gasteiger charge is -2.08. The second-order valence-corrected chi connectivity index (χ2v) is 4.82. The first-order valence-corrected chi connectivity index (χ1v) is 6.96. The van der Waals surface area contributed by atoms with Crippen LogP contribution in [0.25, 0.3) is 0 Å². The molecule has 19 heavy (non-hydrogen) atoms. The molecule has 0 aliphatic heterocycles. The minimum atomic E-state index is 0.649. The molecule has 0 spiro atoms. The van der Waals surface area contributed by atoms with Crippen molar-refractivity contribution in [2.45, 2.75) is 33.4 Å². The van der Waals surface area contributed by atoms with Crippen molar-refractivity contribution in [2.24, 2.45) is 7.05 Å². The van der Waals surface area contributed by atoms with E-state index in [1.807, 2.05) is 28.7 Å². The van der Waals surface area contributed by atoms with Crippen molar-refractivity contribution in [3.8, 4) is 0 Å². The normalized spacial score (nSPS) is 11.2. The average molecular weight is 282 g/mol. The summed E-state index contributed by atoms with van der Waals surface area (Å²) < 4.78 is 3.81. The summed E-state index contributed by atoms with van der Waals surface area (Å²) in [5.41, 5.74) is 3.09. The van der Waals surface area contributed by atoms with Gasteiger partial charge in [-0.25, -0.2) is 0 Å². The predicted molar refractivity (Wildman–Crippen MR) is 76.3 cm³/mol. The van der Waals surface area contributed by atoms with E-state index in [4.69, 9.17) is 11.6 Å². The number of aromatic nitrogens is 4. The van der Waals surface area contributed by atoms with E-state index >= 15 is 0 Å². The minimum Gasteiger partial charge on any atom is -0.311 e. The molecular formula is C13H20ClN5. The first kappa shape index (κ1) is 14.1. The van der Waals surface area contributed by atoms with E-state index in [0.717, 1.165) is 41.6 Å². The molecule has 0 bridgehead atoms. The monoisotopic (exact) mass is 281 g/mol. The molecule has 0 unspecified atom stereocenters. The molecule has 104 valence electrons. The molecule has 2 heterocycles. The van der Waals surface area contributed by atoms with Crippen LogP contribution in [0.15, 0.2) is 12.3 Å². The average Bonchev–Trinajstić information content (AvgIpc) is 2.95. The fourth-order valence-electron chi connectivity index (χ4n) is 2.04. The molecule has 0 atom stereocenters. The summed E-state index contributed by atoms with van der Waals surface area (Å²) >= 11 is 6.36. The van der Waals surface area contributed by atoms with Gasteiger partial charge in [-0.15, -0.1) is 0 Å². The number of rotatable bonds is 6. The van der Waals surface area contributed by atoms with E-state index in [1.165, 1.54) is 0 Å². The van der Waals surface area contributed by atoms with Crippen molar-refractivity contribution < 1.29 is 0 Å². The van der Waals surface area contributed by atoms with E-state index in [9.17, 15) is 0 Å². The zero-order valence-electron chi connectivity index (χ0n) is 11.6. The predicted octanol–water partition coefficient (Wildman–Crippen LogP) is 1.99. The van der Waals surface area contributed by atoms with Gasteiger partial charge in [0.25, 0.3) is 0 Å². The van der Waals surface area contributed by atoms with Crippen LogP contribution < -0.4 is 5.32 Å². The maximum absolute atomic E-state index is 6.36. The third-order valence-electron chi connectivity index (χ3n) is 3.16. The third kappa shape index (κ3) is 2.98. The SMILES string of the molecule is CCNCc1ccnn1Cc1c(Cl)c(CC)nn1C. The van der Waals surface area contributed by atoms with Gasteiger partial charge in [0.1, 0.15) is 0 Å². The van der Waals surface area contributed by atoms with Crippen molar-refractivity contribution in [3.05, 3.63) is 34.4 Å². The highest BCUT2D eigenvalue weighted by Gasteiger charge is 2.14. The summed E-state index contributed by atoms with van der Waals surface area (Å²) in [4.78, 5) is 0. The Kier molecular flexibility index (Phi) is 4.61. The van der Waals surface area contributed by atoms with Gasteiger partial charge >= 0.3 is 0 Å². The van der Waals surface area contributed by atoms with Gasteiger partial charge in [-0.2, -0.15) is 10.2 Å². The standard InChI is InChI=1S/C13H20ClN5/c1-4-11-13(14)12(18(3)17-11)9-19-10(6-7-16-19)8-15-5-2/h6-7,15H,4-5,8-9H2,1-3H3. The van der Waals surface area contributed by atoms with Crippen LogP contribution in [0.4, 0.5) is 0 Å². The lowest BCUT2D eigenvalue weighted by atomic mass is 10.3. The highest BCUT2D eigenvalue weighted by atomic mass is 35.5. The molecule has 6 heteroatoms. The van der Waals surface area contributed by atoms with Crippen molar-refractivity contribution >= 4 is 11.6 Å². The molecule has 5 nitrogen and oxygen atoms in total. The van der Waals surface area contributed by atoms with Crippen LogP contribution in [0, 0.1) is 0 Å². The largest absolute Gasteiger partial charge is 0.311 e. The Morgan fingerprint density at radius 1 is 1.37 bits per heavy atom. The Morgan fingerprint density at radius 2 is 2.16 bits per heavy atom. The van der Waals surface area contributed by atoms with Gasteiger partial charge in [-0.05, 0) is 19.0 Å². The minimum absolute atomic E-state index is 0.649. The van der Waals surface area contributed by atoms with Crippen molar-refractivity contribution in [3.63, 3.8) is 0 Å². The molecule has 1 N–H and O–H groups in total. The number of hydrogen-bond donors (Lipinski definition) is 1. The summed E-state index contributed by atoms with van der Waals surface area (Å²) in [7, 11) is 1.92. The Labute approximate surface area is 118 Å². The smallest absolute Gasteiger partial charge is 0.0869 e. The molecule has 0 radical (unpaired) electrons. The molecule has 0 amide bonds. The third-order valence-corrected chi connectivity index (χ3v) is 3.60. The van der Waals surface area contributed by atoms with Gasteiger partial charge in [0, 0.05) is 19.8 Å². The van der Waals surface area contributed by atoms with Gasteiger partial charge in [0.15, 0.2) is 0 Å². The number of nitrogens with zero attached hydrogens (tertiary/aromatic N) is 4. The zero-order valence-corrected chi connectivity index (χ0v) is 12.4. The van der Waals surface area contributed by atoms with Gasteiger partial charge < -0.3 is 5.32 Å². The van der Waals surface area contributed by atoms with Crippen LogP contribution in [0.1, 0.15) is 30.9 Å². The van der Waals surface area contributed by atoms with E-state index in [2.05, 4.69) is 29.4 Å². The van der Waals surface area contributed by atoms with Crippen LogP contribution >= 0.6 is 11.6 Å². The van der Waals surface area contributed by atoms with Crippen molar-refractivity contribution in [2.75, 3.05) is 6.54 Å². The topological polar surface area (TPSA) is 47.7 Å². The first-order valence-electron chi connectivity index (χ1n) is 6.59. The van der Waals surface area contributed by atoms with Gasteiger partial charge in [-0.3, -0.25) is 9.36 Å². The maximum atomic E-state index is 6.36. The number of halogens is 1. The number of nitrogens with one attached hydrogen (secondary N) is 1. The molecular weight excluding hydrogens is 262 g/mol. The molecule has 0 saturated heterocycles. The summed E-state index contributed by atoms with van der Waals surface area (Å²) in [5, 5.41) is 12.9. The molecule has 0 aliphatic carbocycles. The lowest BCUT2D eigenvalue weighted by Crippen LogP contribution is -2.17. The zero-order chi connectivity index (χ0) is 13.8. The van der Waals surface area contributed by atoms with Crippen LogP contribution in [-0.2, 0) is 26.6 Å². The highest BCUT2D eigenvalue weighted by Crippen LogP contribution is 2.21. The summed E-state index contributed by atoms with van der Waals surface area (Å²) in [6, 6.07) is 2.02. The van der Waals surface area contributed by atoms with E-state index in [1.54, 1.807) is 0 Å². The Bertz CT molecular complexity index is 543. The first-order chi connectivity index (χ1) is 9.17. The number of aryl methyl sites for hydroxylation is 2. The quantitative estimate of drug-likeness (QED) is 0.881. The summed E-state index contributed by atoms with van der Waals surface area (Å²) in [5.74, 6) is 0. The van der Waals surface area contributed by atoms with Gasteiger partial charge in [-0.1, -0.05) is 25.4 Å². The van der Waals surface area contributed by atoms with Crippen LogP contribution in [0.5, 0.6) is 0 Å². The Hall–Kier alpha value is -1.33. The Morgan fingerprint density at radius 3 is 2.79 bits per heavy atom. The Balaban J connectivity index is 2.21. The number of hydrogen-bond acceptors (Lipinski definition) is 3. The molecule has 0 aromatic carbocycles. The van der Waals surface area contributed by atoms with Gasteiger partial charge in [0.05, 0.1) is 28.6 Å². The maximum Gasteiger partial charge on any atom is 0.0869 e. The molecule has 0 saturated carbocycles. The van der Waals surface area contributed by atoms with E-state index in [-0.39, 0.29) is 0 Å². The highest BCUT2D eigenvalue weighted by molar-refractivity contribution is 6.31.